The summed E-state index contributed by atoms with van der Waals surface area (Å²) in [5.41, 5.74) is 0. The van der Waals surface area contributed by atoms with Gasteiger partial charge in [-0.25, -0.2) is 9.13 Å². The molecule has 0 aliphatic carbocycles. The molecule has 6 atom stereocenters. The first-order chi connectivity index (χ1) is 52.9. The molecule has 3 N–H and O–H groups in total. The van der Waals surface area contributed by atoms with Crippen molar-refractivity contribution in [3.05, 3.63) is 0 Å². The highest BCUT2D eigenvalue weighted by molar-refractivity contribution is 7.47. The summed E-state index contributed by atoms with van der Waals surface area (Å²) < 4.78 is 69.0. The Morgan fingerprint density at radius 2 is 0.468 bits per heavy atom. The van der Waals surface area contributed by atoms with Gasteiger partial charge in [0.25, 0.3) is 0 Å². The highest BCUT2D eigenvalue weighted by Gasteiger charge is 2.31. The van der Waals surface area contributed by atoms with E-state index in [2.05, 4.69) is 41.5 Å². The van der Waals surface area contributed by atoms with Gasteiger partial charge in [0.15, 0.2) is 12.2 Å². The number of carbonyl (C=O) groups is 4. The van der Waals surface area contributed by atoms with Crippen molar-refractivity contribution < 1.29 is 80.2 Å². The Morgan fingerprint density at radius 3 is 0.697 bits per heavy atom. The summed E-state index contributed by atoms with van der Waals surface area (Å²) in [7, 11) is -9.93. The Kier molecular flexibility index (Phi) is 79.8. The van der Waals surface area contributed by atoms with Gasteiger partial charge in [-0.2, -0.15) is 0 Å². The molecule has 0 aromatic heterocycles. The maximum absolute atomic E-state index is 13.2. The average molecular weight is 1590 g/mol. The van der Waals surface area contributed by atoms with Gasteiger partial charge >= 0.3 is 39.5 Å². The van der Waals surface area contributed by atoms with E-state index in [4.69, 9.17) is 37.0 Å². The first-order valence-electron chi connectivity index (χ1n) is 46.5. The van der Waals surface area contributed by atoms with Gasteiger partial charge in [-0.05, 0) is 37.5 Å². The quantitative estimate of drug-likeness (QED) is 0.0222. The summed E-state index contributed by atoms with van der Waals surface area (Å²) in [6.07, 6.45) is 75.0. The van der Waals surface area contributed by atoms with Crippen molar-refractivity contribution in [3.8, 4) is 0 Å². The monoisotopic (exact) mass is 1590 g/mol. The summed E-state index contributed by atoms with van der Waals surface area (Å²) in [5.74, 6) is -0.450. The summed E-state index contributed by atoms with van der Waals surface area (Å²) in [6, 6.07) is 0. The number of aliphatic hydroxyl groups is 1. The summed E-state index contributed by atoms with van der Waals surface area (Å²) in [6.45, 7) is 9.76. The first-order valence-corrected chi connectivity index (χ1v) is 49.5. The third kappa shape index (κ3) is 82.4. The largest absolute Gasteiger partial charge is 0.472 e. The van der Waals surface area contributed by atoms with Gasteiger partial charge < -0.3 is 33.8 Å². The third-order valence-corrected chi connectivity index (χ3v) is 23.5. The van der Waals surface area contributed by atoms with Crippen LogP contribution in [0.3, 0.4) is 0 Å². The molecule has 109 heavy (non-hydrogen) atoms. The molecular formula is C90H176O17P2. The van der Waals surface area contributed by atoms with E-state index in [1.807, 2.05) is 0 Å². The number of phosphoric ester groups is 2. The van der Waals surface area contributed by atoms with Crippen molar-refractivity contribution in [3.63, 3.8) is 0 Å². The minimum atomic E-state index is -4.97. The van der Waals surface area contributed by atoms with Gasteiger partial charge in [0.1, 0.15) is 19.3 Å². The molecule has 0 saturated carbocycles. The van der Waals surface area contributed by atoms with Gasteiger partial charge in [-0.3, -0.25) is 37.3 Å². The summed E-state index contributed by atoms with van der Waals surface area (Å²) in [4.78, 5) is 73.3. The SMILES string of the molecule is CCCCCCCCCCCCCCCCCCCCCCCC(=O)OC[C@H](COP(=O)(O)OC[C@@H](O)COP(=O)(O)OC[C@@H](COC(=O)CCCCCCCCCCCCC)OC(=O)CCCCCCCCCCCCCCC(C)C)OC(=O)CCCCCCCCCCCCCCCCCCCCC(C)CC. The zero-order chi connectivity index (χ0) is 79.9. The van der Waals surface area contributed by atoms with Gasteiger partial charge in [-0.15, -0.1) is 0 Å². The Bertz CT molecular complexity index is 2080. The molecule has 0 saturated heterocycles. The van der Waals surface area contributed by atoms with E-state index >= 15 is 0 Å². The highest BCUT2D eigenvalue weighted by atomic mass is 31.2. The van der Waals surface area contributed by atoms with Crippen molar-refractivity contribution in [1.29, 1.82) is 0 Å². The number of carbonyl (C=O) groups excluding carboxylic acids is 4. The van der Waals surface area contributed by atoms with Crippen molar-refractivity contribution in [2.24, 2.45) is 11.8 Å². The van der Waals surface area contributed by atoms with E-state index in [9.17, 15) is 43.2 Å². The van der Waals surface area contributed by atoms with Crippen LogP contribution in [-0.2, 0) is 65.4 Å². The lowest BCUT2D eigenvalue weighted by Gasteiger charge is -2.21. The fourth-order valence-electron chi connectivity index (χ4n) is 14.1. The second-order valence-corrected chi connectivity index (χ2v) is 36.0. The zero-order valence-corrected chi connectivity index (χ0v) is 73.7. The van der Waals surface area contributed by atoms with E-state index in [-0.39, 0.29) is 25.7 Å². The van der Waals surface area contributed by atoms with Crippen LogP contribution in [0.2, 0.25) is 0 Å². The lowest BCUT2D eigenvalue weighted by Crippen LogP contribution is -2.30. The number of rotatable bonds is 89. The maximum atomic E-state index is 13.2. The third-order valence-electron chi connectivity index (χ3n) is 21.6. The Labute approximate surface area is 670 Å². The molecule has 0 radical (unpaired) electrons. The Morgan fingerprint density at radius 1 is 0.266 bits per heavy atom. The fourth-order valence-corrected chi connectivity index (χ4v) is 15.7. The number of hydrogen-bond donors (Lipinski definition) is 3. The molecule has 0 aliphatic heterocycles. The topological polar surface area (TPSA) is 237 Å². The van der Waals surface area contributed by atoms with Gasteiger partial charge in [0.05, 0.1) is 26.4 Å². The van der Waals surface area contributed by atoms with E-state index in [0.717, 1.165) is 102 Å². The molecule has 0 spiro atoms. The number of unbranched alkanes of at least 4 members (excludes halogenated alkanes) is 58. The minimum Gasteiger partial charge on any atom is -0.462 e. The van der Waals surface area contributed by atoms with Crippen LogP contribution >= 0.6 is 15.6 Å². The van der Waals surface area contributed by atoms with E-state index in [1.165, 1.54) is 302 Å². The average Bonchev–Trinajstić information content (AvgIpc) is 0.897. The molecule has 0 aromatic rings. The van der Waals surface area contributed by atoms with Crippen molar-refractivity contribution >= 4 is 39.5 Å². The lowest BCUT2D eigenvalue weighted by molar-refractivity contribution is -0.161. The molecule has 0 bridgehead atoms. The summed E-state index contributed by atoms with van der Waals surface area (Å²) >= 11 is 0. The lowest BCUT2D eigenvalue weighted by atomic mass is 9.99. The molecule has 0 heterocycles. The second kappa shape index (κ2) is 81.2. The predicted molar refractivity (Wildman–Crippen MR) is 451 cm³/mol. The van der Waals surface area contributed by atoms with Crippen molar-refractivity contribution in [1.82, 2.24) is 0 Å². The van der Waals surface area contributed by atoms with E-state index < -0.39 is 97.5 Å². The molecule has 0 amide bonds. The molecule has 0 aromatic carbocycles. The first kappa shape index (κ1) is 107. The number of hydrogen-bond acceptors (Lipinski definition) is 15. The second-order valence-electron chi connectivity index (χ2n) is 33.1. The number of esters is 4. The molecule has 0 rings (SSSR count). The standard InChI is InChI=1S/C90H176O17P2/c1-7-10-12-14-16-18-20-21-22-23-24-25-26-30-33-36-43-49-55-61-67-73-88(93)101-79-86(106-89(94)74-68-62-56-50-44-37-34-31-28-27-29-32-35-42-47-53-59-65-71-83(6)9-3)81-105-109(98,99)103-77-84(91)76-102-108(96,97)104-80-85(78-100-87(92)72-66-60-54-48-40-19-17-15-13-11-8-2)107-90(95)75-69-63-57-51-45-39-38-41-46-52-58-64-70-82(4)5/h82-86,91H,7-81H2,1-6H3,(H,96,97)(H,98,99)/t83?,84-,85+,86+/m0/s1. The van der Waals surface area contributed by atoms with Crippen LogP contribution in [0.15, 0.2) is 0 Å². The molecule has 19 heteroatoms. The van der Waals surface area contributed by atoms with Gasteiger partial charge in [0, 0.05) is 25.7 Å². The van der Waals surface area contributed by atoms with Crippen LogP contribution in [0.5, 0.6) is 0 Å². The zero-order valence-electron chi connectivity index (χ0n) is 71.9. The Hall–Kier alpha value is -1.94. The van der Waals surface area contributed by atoms with Gasteiger partial charge in [-0.1, -0.05) is 433 Å². The smallest absolute Gasteiger partial charge is 0.462 e. The fraction of sp³-hybridized carbons (Fsp3) is 0.956. The van der Waals surface area contributed by atoms with Crippen molar-refractivity contribution in [2.75, 3.05) is 39.6 Å². The molecule has 17 nitrogen and oxygen atoms in total. The van der Waals surface area contributed by atoms with Crippen LogP contribution in [0, 0.1) is 11.8 Å². The minimum absolute atomic E-state index is 0.108. The molecule has 648 valence electrons. The number of aliphatic hydroxyl groups excluding tert-OH is 1. The summed E-state index contributed by atoms with van der Waals surface area (Å²) in [5, 5.41) is 10.7. The van der Waals surface area contributed by atoms with Crippen LogP contribution in [0.25, 0.3) is 0 Å². The van der Waals surface area contributed by atoms with E-state index in [0.29, 0.717) is 25.7 Å². The molecule has 3 unspecified atom stereocenters. The van der Waals surface area contributed by atoms with Crippen LogP contribution in [-0.4, -0.2) is 96.7 Å². The van der Waals surface area contributed by atoms with Crippen LogP contribution in [0.1, 0.15) is 485 Å². The maximum Gasteiger partial charge on any atom is 0.472 e. The molecule has 0 fully saturated rings. The highest BCUT2D eigenvalue weighted by Crippen LogP contribution is 2.45. The normalized spacial score (nSPS) is 14.0. The van der Waals surface area contributed by atoms with Crippen molar-refractivity contribution in [2.45, 2.75) is 503 Å². The number of ether oxygens (including phenoxy) is 4. The van der Waals surface area contributed by atoms with Crippen LogP contribution in [0.4, 0.5) is 0 Å². The molecular weight excluding hydrogens is 1410 g/mol. The Balaban J connectivity index is 5.22. The molecule has 0 aliphatic rings. The van der Waals surface area contributed by atoms with Gasteiger partial charge in [0.2, 0.25) is 0 Å². The predicted octanol–water partition coefficient (Wildman–Crippen LogP) is 27.8. The number of phosphoric acid groups is 2. The van der Waals surface area contributed by atoms with E-state index in [1.54, 1.807) is 0 Å². The van der Waals surface area contributed by atoms with Crippen LogP contribution < -0.4 is 0 Å².